The Morgan fingerprint density at radius 3 is 2.57 bits per heavy atom. The Morgan fingerprint density at radius 2 is 1.90 bits per heavy atom. The van der Waals surface area contributed by atoms with Crippen LogP contribution in [-0.4, -0.2) is 47.2 Å². The van der Waals surface area contributed by atoms with Gasteiger partial charge >= 0.3 is 0 Å². The molecule has 0 saturated heterocycles. The highest BCUT2D eigenvalue weighted by Crippen LogP contribution is 2.19. The number of anilines is 2. The summed E-state index contributed by atoms with van der Waals surface area (Å²) >= 11 is 0. The quantitative estimate of drug-likeness (QED) is 0.464. The predicted octanol–water partition coefficient (Wildman–Crippen LogP) is 1.63. The Bertz CT molecular complexity index is 1160. The van der Waals surface area contributed by atoms with Gasteiger partial charge in [0.25, 0.3) is 0 Å². The van der Waals surface area contributed by atoms with Crippen LogP contribution >= 0.6 is 0 Å². The SMILES string of the molecule is CC(=O)Nc1ccc(S(=O)(=O)NCCNc2cc(-n3ccc(C)n3)ncn2)c(C)c1. The summed E-state index contributed by atoms with van der Waals surface area (Å²) in [6, 6.07) is 8.24. The number of amides is 1. The molecule has 0 spiro atoms. The van der Waals surface area contributed by atoms with Crippen molar-refractivity contribution in [2.75, 3.05) is 23.7 Å². The van der Waals surface area contributed by atoms with Crippen molar-refractivity contribution < 1.29 is 13.2 Å². The lowest BCUT2D eigenvalue weighted by Gasteiger charge is -2.12. The number of carbonyl (C=O) groups excluding carboxylic acids is 1. The number of aryl methyl sites for hydroxylation is 2. The maximum Gasteiger partial charge on any atom is 0.240 e. The molecule has 0 radical (unpaired) electrons. The molecule has 11 heteroatoms. The predicted molar refractivity (Wildman–Crippen MR) is 113 cm³/mol. The van der Waals surface area contributed by atoms with Gasteiger partial charge in [0.2, 0.25) is 15.9 Å². The molecule has 30 heavy (non-hydrogen) atoms. The van der Waals surface area contributed by atoms with Gasteiger partial charge in [-0.1, -0.05) is 0 Å². The first kappa shape index (κ1) is 21.4. The summed E-state index contributed by atoms with van der Waals surface area (Å²) in [5, 5.41) is 9.99. The number of nitrogens with zero attached hydrogens (tertiary/aromatic N) is 4. The van der Waals surface area contributed by atoms with E-state index >= 15 is 0 Å². The zero-order valence-corrected chi connectivity index (χ0v) is 17.7. The minimum atomic E-state index is -3.69. The summed E-state index contributed by atoms with van der Waals surface area (Å²) in [7, 11) is -3.69. The summed E-state index contributed by atoms with van der Waals surface area (Å²) < 4.78 is 29.3. The highest BCUT2D eigenvalue weighted by molar-refractivity contribution is 7.89. The molecule has 0 aliphatic heterocycles. The fraction of sp³-hybridized carbons (Fsp3) is 0.263. The first-order chi connectivity index (χ1) is 14.2. The van der Waals surface area contributed by atoms with Crippen molar-refractivity contribution in [1.29, 1.82) is 0 Å². The first-order valence-electron chi connectivity index (χ1n) is 9.21. The van der Waals surface area contributed by atoms with Gasteiger partial charge in [-0.05, 0) is 43.7 Å². The van der Waals surface area contributed by atoms with Crippen LogP contribution in [0.4, 0.5) is 11.5 Å². The minimum Gasteiger partial charge on any atom is -0.369 e. The Balaban J connectivity index is 1.58. The summed E-state index contributed by atoms with van der Waals surface area (Å²) in [5.74, 6) is 0.948. The monoisotopic (exact) mass is 429 g/mol. The molecule has 3 rings (SSSR count). The fourth-order valence-electron chi connectivity index (χ4n) is 2.80. The van der Waals surface area contributed by atoms with Crippen LogP contribution in [0.15, 0.2) is 47.8 Å². The van der Waals surface area contributed by atoms with Gasteiger partial charge in [0.1, 0.15) is 12.1 Å². The van der Waals surface area contributed by atoms with E-state index < -0.39 is 10.0 Å². The fourth-order valence-corrected chi connectivity index (χ4v) is 4.05. The number of hydrogen-bond acceptors (Lipinski definition) is 7. The summed E-state index contributed by atoms with van der Waals surface area (Å²) in [4.78, 5) is 19.6. The van der Waals surface area contributed by atoms with Gasteiger partial charge in [0.15, 0.2) is 5.82 Å². The Morgan fingerprint density at radius 1 is 1.10 bits per heavy atom. The van der Waals surface area contributed by atoms with Gasteiger partial charge in [-0.25, -0.2) is 27.8 Å². The lowest BCUT2D eigenvalue weighted by atomic mass is 10.2. The molecule has 0 fully saturated rings. The van der Waals surface area contributed by atoms with Crippen LogP contribution in [0.1, 0.15) is 18.2 Å². The maximum absolute atomic E-state index is 12.6. The van der Waals surface area contributed by atoms with Crippen LogP contribution in [0.3, 0.4) is 0 Å². The maximum atomic E-state index is 12.6. The third-order valence-corrected chi connectivity index (χ3v) is 5.74. The Hall–Kier alpha value is -3.31. The molecule has 3 aromatic rings. The third-order valence-electron chi connectivity index (χ3n) is 4.12. The van der Waals surface area contributed by atoms with Crippen LogP contribution in [0.5, 0.6) is 0 Å². The second-order valence-corrected chi connectivity index (χ2v) is 8.38. The normalized spacial score (nSPS) is 11.3. The number of aromatic nitrogens is 4. The zero-order valence-electron chi connectivity index (χ0n) is 16.9. The molecule has 1 amide bonds. The number of benzene rings is 1. The zero-order chi connectivity index (χ0) is 21.7. The number of rotatable bonds is 8. The number of nitrogens with one attached hydrogen (secondary N) is 3. The van der Waals surface area contributed by atoms with Gasteiger partial charge in [0, 0.05) is 38.0 Å². The number of sulfonamides is 1. The summed E-state index contributed by atoms with van der Waals surface area (Å²) in [6.45, 7) is 5.45. The van der Waals surface area contributed by atoms with Crippen LogP contribution in [0, 0.1) is 13.8 Å². The van der Waals surface area contributed by atoms with Crippen molar-refractivity contribution in [3.63, 3.8) is 0 Å². The van der Waals surface area contributed by atoms with E-state index in [0.29, 0.717) is 29.4 Å². The van der Waals surface area contributed by atoms with Crippen molar-refractivity contribution >= 4 is 27.4 Å². The van der Waals surface area contributed by atoms with Crippen molar-refractivity contribution in [1.82, 2.24) is 24.5 Å². The van der Waals surface area contributed by atoms with Gasteiger partial charge in [-0.3, -0.25) is 4.79 Å². The summed E-state index contributed by atoms with van der Waals surface area (Å²) in [5.41, 5.74) is 1.96. The van der Waals surface area contributed by atoms with Crippen molar-refractivity contribution in [3.8, 4) is 5.82 Å². The standard InChI is InChI=1S/C19H23N7O3S/c1-13-10-16(24-15(3)27)4-5-17(13)30(28,29)23-8-7-20-18-11-19(22-12-21-18)26-9-6-14(2)25-26/h4-6,9-12,23H,7-8H2,1-3H3,(H,24,27)(H,20,21,22). The number of hydrogen-bond donors (Lipinski definition) is 3. The van der Waals surface area contributed by atoms with E-state index in [-0.39, 0.29) is 17.3 Å². The lowest BCUT2D eigenvalue weighted by molar-refractivity contribution is -0.114. The highest BCUT2D eigenvalue weighted by atomic mass is 32.2. The molecule has 1 aromatic carbocycles. The molecular weight excluding hydrogens is 406 g/mol. The van der Waals surface area contributed by atoms with E-state index in [2.05, 4.69) is 30.4 Å². The molecule has 0 aliphatic carbocycles. The van der Waals surface area contributed by atoms with Gasteiger partial charge in [-0.15, -0.1) is 0 Å². The Kier molecular flexibility index (Phi) is 6.43. The second-order valence-electron chi connectivity index (χ2n) is 6.65. The molecule has 0 aliphatic rings. The van der Waals surface area contributed by atoms with Crippen molar-refractivity contribution in [3.05, 3.63) is 54.1 Å². The molecule has 3 N–H and O–H groups in total. The molecule has 158 valence electrons. The largest absolute Gasteiger partial charge is 0.369 e. The van der Waals surface area contributed by atoms with Gasteiger partial charge < -0.3 is 10.6 Å². The molecule has 0 unspecified atom stereocenters. The van der Waals surface area contributed by atoms with E-state index in [0.717, 1.165) is 5.69 Å². The van der Waals surface area contributed by atoms with E-state index in [1.54, 1.807) is 36.0 Å². The van der Waals surface area contributed by atoms with E-state index in [4.69, 9.17) is 0 Å². The van der Waals surface area contributed by atoms with E-state index in [1.165, 1.54) is 19.3 Å². The lowest BCUT2D eigenvalue weighted by Crippen LogP contribution is -2.29. The van der Waals surface area contributed by atoms with Crippen molar-refractivity contribution in [2.24, 2.45) is 0 Å². The third kappa shape index (κ3) is 5.39. The minimum absolute atomic E-state index is 0.162. The first-order valence-corrected chi connectivity index (χ1v) is 10.7. The average molecular weight is 430 g/mol. The molecule has 2 heterocycles. The van der Waals surface area contributed by atoms with Crippen LogP contribution < -0.4 is 15.4 Å². The molecular formula is C19H23N7O3S. The van der Waals surface area contributed by atoms with Crippen LogP contribution in [-0.2, 0) is 14.8 Å². The topological polar surface area (TPSA) is 131 Å². The van der Waals surface area contributed by atoms with Crippen LogP contribution in [0.2, 0.25) is 0 Å². The highest BCUT2D eigenvalue weighted by Gasteiger charge is 2.16. The van der Waals surface area contributed by atoms with Gasteiger partial charge in [0.05, 0.1) is 10.6 Å². The van der Waals surface area contributed by atoms with E-state index in [9.17, 15) is 13.2 Å². The number of carbonyl (C=O) groups is 1. The van der Waals surface area contributed by atoms with Crippen LogP contribution in [0.25, 0.3) is 5.82 Å². The average Bonchev–Trinajstić information content (AvgIpc) is 3.11. The summed E-state index contributed by atoms with van der Waals surface area (Å²) in [6.07, 6.45) is 3.22. The molecule has 0 atom stereocenters. The molecule has 0 saturated carbocycles. The molecule has 2 aromatic heterocycles. The van der Waals surface area contributed by atoms with Crippen molar-refractivity contribution in [2.45, 2.75) is 25.7 Å². The Labute approximate surface area is 174 Å². The smallest absolute Gasteiger partial charge is 0.240 e. The van der Waals surface area contributed by atoms with Gasteiger partial charge in [-0.2, -0.15) is 5.10 Å². The molecule has 0 bridgehead atoms. The second kappa shape index (κ2) is 9.01. The van der Waals surface area contributed by atoms with E-state index in [1.807, 2.05) is 13.0 Å². The molecule has 10 nitrogen and oxygen atoms in total.